The molecule has 8 heteroatoms. The van der Waals surface area contributed by atoms with Gasteiger partial charge in [-0.3, -0.25) is 9.69 Å². The van der Waals surface area contributed by atoms with Crippen LogP contribution in [0.3, 0.4) is 0 Å². The van der Waals surface area contributed by atoms with E-state index < -0.39 is 17.5 Å². The SMILES string of the molecule is Cc1ccc(N2CCCCC2C(N)=O)cc1C1CCN(Cc2ccc(Oc3cc(F)c(F)cc3F)cc2)CC1. The number of aryl methyl sites for hydroxylation is 1. The molecule has 1 unspecified atom stereocenters. The van der Waals surface area contributed by atoms with Gasteiger partial charge in [0, 0.05) is 30.9 Å². The Balaban J connectivity index is 1.19. The fraction of sp³-hybridized carbons (Fsp3) is 0.387. The second-order valence-corrected chi connectivity index (χ2v) is 10.6. The number of primary amides is 1. The van der Waals surface area contributed by atoms with E-state index in [0.29, 0.717) is 23.8 Å². The molecule has 206 valence electrons. The van der Waals surface area contributed by atoms with Crippen LogP contribution < -0.4 is 15.4 Å². The van der Waals surface area contributed by atoms with Gasteiger partial charge in [-0.1, -0.05) is 18.2 Å². The number of halogens is 3. The fourth-order valence-electron chi connectivity index (χ4n) is 5.82. The highest BCUT2D eigenvalue weighted by atomic mass is 19.2. The Kier molecular flexibility index (Phi) is 8.12. The van der Waals surface area contributed by atoms with Gasteiger partial charge in [0.2, 0.25) is 5.91 Å². The van der Waals surface area contributed by atoms with Crippen LogP contribution in [0.25, 0.3) is 0 Å². The first-order valence-electron chi connectivity index (χ1n) is 13.6. The number of likely N-dealkylation sites (tertiary alicyclic amines) is 1. The lowest BCUT2D eigenvalue weighted by Gasteiger charge is -2.37. The van der Waals surface area contributed by atoms with Gasteiger partial charge in [0.05, 0.1) is 0 Å². The first-order chi connectivity index (χ1) is 18.8. The number of anilines is 1. The Morgan fingerprint density at radius 1 is 0.897 bits per heavy atom. The Hall–Kier alpha value is -3.52. The molecular weight excluding hydrogens is 503 g/mol. The first-order valence-corrected chi connectivity index (χ1v) is 13.6. The Bertz CT molecular complexity index is 1320. The molecule has 0 radical (unpaired) electrons. The standard InChI is InChI=1S/C31H34F3N3O2/c1-20-5-8-23(37-13-3-2-4-29(37)31(35)38)16-25(20)22-11-14-36(15-12-22)19-21-6-9-24(10-7-21)39-30-18-27(33)26(32)17-28(30)34/h5-10,16-18,22,29H,2-4,11-15,19H2,1H3,(H2,35,38). The van der Waals surface area contributed by atoms with Crippen LogP contribution in [-0.2, 0) is 11.3 Å². The van der Waals surface area contributed by atoms with Crippen LogP contribution in [0.2, 0.25) is 0 Å². The summed E-state index contributed by atoms with van der Waals surface area (Å²) in [5.74, 6) is -3.15. The summed E-state index contributed by atoms with van der Waals surface area (Å²) in [5, 5.41) is 0. The van der Waals surface area contributed by atoms with Crippen molar-refractivity contribution in [1.29, 1.82) is 0 Å². The largest absolute Gasteiger partial charge is 0.454 e. The van der Waals surface area contributed by atoms with Crippen molar-refractivity contribution in [2.24, 2.45) is 5.73 Å². The Labute approximate surface area is 227 Å². The summed E-state index contributed by atoms with van der Waals surface area (Å²) in [5.41, 5.74) is 10.5. The summed E-state index contributed by atoms with van der Waals surface area (Å²) < 4.78 is 45.9. The molecule has 0 bridgehead atoms. The van der Waals surface area contributed by atoms with Crippen molar-refractivity contribution in [2.75, 3.05) is 24.5 Å². The zero-order valence-electron chi connectivity index (χ0n) is 22.1. The van der Waals surface area contributed by atoms with Gasteiger partial charge < -0.3 is 15.4 Å². The minimum absolute atomic E-state index is 0.233. The van der Waals surface area contributed by atoms with E-state index in [-0.39, 0.29) is 17.7 Å². The van der Waals surface area contributed by atoms with Gasteiger partial charge in [0.1, 0.15) is 11.8 Å². The lowest BCUT2D eigenvalue weighted by atomic mass is 9.86. The molecule has 2 N–H and O–H groups in total. The molecule has 0 aromatic heterocycles. The van der Waals surface area contributed by atoms with Gasteiger partial charge in [-0.05, 0) is 99.0 Å². The summed E-state index contributed by atoms with van der Waals surface area (Å²) in [6.07, 6.45) is 5.00. The molecule has 3 aromatic carbocycles. The van der Waals surface area contributed by atoms with Crippen LogP contribution in [-0.4, -0.2) is 36.5 Å². The van der Waals surface area contributed by atoms with E-state index in [4.69, 9.17) is 10.5 Å². The predicted octanol–water partition coefficient (Wildman–Crippen LogP) is 6.43. The fourth-order valence-corrected chi connectivity index (χ4v) is 5.82. The molecule has 1 atom stereocenters. The van der Waals surface area contributed by atoms with Crippen LogP contribution in [0, 0.1) is 24.4 Å². The zero-order valence-corrected chi connectivity index (χ0v) is 22.1. The molecule has 5 nitrogen and oxygen atoms in total. The second-order valence-electron chi connectivity index (χ2n) is 10.6. The molecule has 3 aromatic rings. The van der Waals surface area contributed by atoms with E-state index in [1.54, 1.807) is 12.1 Å². The van der Waals surface area contributed by atoms with Crippen molar-refractivity contribution in [3.63, 3.8) is 0 Å². The first kappa shape index (κ1) is 27.1. The normalized spacial score (nSPS) is 18.8. The summed E-state index contributed by atoms with van der Waals surface area (Å²) in [7, 11) is 0. The van der Waals surface area contributed by atoms with E-state index >= 15 is 0 Å². The van der Waals surface area contributed by atoms with Gasteiger partial charge in [-0.15, -0.1) is 0 Å². The van der Waals surface area contributed by atoms with E-state index in [0.717, 1.165) is 69.5 Å². The number of hydrogen-bond acceptors (Lipinski definition) is 4. The monoisotopic (exact) mass is 537 g/mol. The van der Waals surface area contributed by atoms with Crippen molar-refractivity contribution >= 4 is 11.6 Å². The highest BCUT2D eigenvalue weighted by molar-refractivity contribution is 5.84. The lowest BCUT2D eigenvalue weighted by molar-refractivity contribution is -0.119. The molecule has 2 aliphatic rings. The van der Waals surface area contributed by atoms with Gasteiger partial charge >= 0.3 is 0 Å². The summed E-state index contributed by atoms with van der Waals surface area (Å²) in [6.45, 7) is 5.71. The topological polar surface area (TPSA) is 58.8 Å². The molecule has 39 heavy (non-hydrogen) atoms. The molecule has 5 rings (SSSR count). The van der Waals surface area contributed by atoms with Crippen molar-refractivity contribution in [3.05, 3.63) is 88.7 Å². The van der Waals surface area contributed by atoms with Gasteiger partial charge in [-0.25, -0.2) is 13.2 Å². The molecule has 1 amide bonds. The maximum Gasteiger partial charge on any atom is 0.240 e. The molecule has 0 aliphatic carbocycles. The number of benzene rings is 3. The Morgan fingerprint density at radius 2 is 1.62 bits per heavy atom. The highest BCUT2D eigenvalue weighted by Gasteiger charge is 2.28. The number of amides is 1. The molecule has 0 saturated carbocycles. The quantitative estimate of drug-likeness (QED) is 0.353. The highest BCUT2D eigenvalue weighted by Crippen LogP contribution is 2.35. The van der Waals surface area contributed by atoms with E-state index in [1.807, 2.05) is 12.1 Å². The molecule has 2 heterocycles. The van der Waals surface area contributed by atoms with Crippen molar-refractivity contribution in [1.82, 2.24) is 4.90 Å². The van der Waals surface area contributed by atoms with Crippen molar-refractivity contribution in [2.45, 2.75) is 57.5 Å². The third kappa shape index (κ3) is 6.22. The lowest BCUT2D eigenvalue weighted by Crippen LogP contribution is -2.47. The maximum absolute atomic E-state index is 13.9. The third-order valence-corrected chi connectivity index (χ3v) is 7.99. The van der Waals surface area contributed by atoms with Gasteiger partial charge in [0.25, 0.3) is 0 Å². The van der Waals surface area contributed by atoms with E-state index in [2.05, 4.69) is 34.9 Å². The van der Waals surface area contributed by atoms with E-state index in [9.17, 15) is 18.0 Å². The number of carbonyl (C=O) groups excluding carboxylic acids is 1. The number of rotatable bonds is 7. The van der Waals surface area contributed by atoms with E-state index in [1.165, 1.54) is 11.1 Å². The van der Waals surface area contributed by atoms with Gasteiger partial charge in [0.15, 0.2) is 23.2 Å². The van der Waals surface area contributed by atoms with Crippen LogP contribution in [0.15, 0.2) is 54.6 Å². The predicted molar refractivity (Wildman–Crippen MR) is 145 cm³/mol. The smallest absolute Gasteiger partial charge is 0.240 e. The second kappa shape index (κ2) is 11.7. The van der Waals surface area contributed by atoms with Crippen LogP contribution in [0.4, 0.5) is 18.9 Å². The molecule has 2 aliphatic heterocycles. The molecule has 2 saturated heterocycles. The number of nitrogens with zero attached hydrogens (tertiary/aromatic N) is 2. The minimum atomic E-state index is -1.25. The molecular formula is C31H34F3N3O2. The average Bonchev–Trinajstić information content (AvgIpc) is 2.93. The third-order valence-electron chi connectivity index (χ3n) is 7.99. The Morgan fingerprint density at radius 3 is 2.33 bits per heavy atom. The number of hydrogen-bond donors (Lipinski definition) is 1. The van der Waals surface area contributed by atoms with Gasteiger partial charge in [-0.2, -0.15) is 0 Å². The van der Waals surface area contributed by atoms with Crippen molar-refractivity contribution < 1.29 is 22.7 Å². The van der Waals surface area contributed by atoms with Crippen LogP contribution in [0.1, 0.15) is 54.7 Å². The molecule has 0 spiro atoms. The van der Waals surface area contributed by atoms with Crippen LogP contribution >= 0.6 is 0 Å². The number of carbonyl (C=O) groups is 1. The van der Waals surface area contributed by atoms with Crippen molar-refractivity contribution in [3.8, 4) is 11.5 Å². The number of piperidine rings is 2. The van der Waals surface area contributed by atoms with Crippen LogP contribution in [0.5, 0.6) is 11.5 Å². The minimum Gasteiger partial charge on any atom is -0.454 e. The summed E-state index contributed by atoms with van der Waals surface area (Å²) in [4.78, 5) is 16.6. The average molecular weight is 538 g/mol. The maximum atomic E-state index is 13.9. The number of ether oxygens (including phenoxy) is 1. The summed E-state index contributed by atoms with van der Waals surface area (Å²) in [6, 6.07) is 14.7. The zero-order chi connectivity index (χ0) is 27.5. The molecule has 2 fully saturated rings. The number of nitrogens with two attached hydrogens (primary N) is 1. The summed E-state index contributed by atoms with van der Waals surface area (Å²) >= 11 is 0.